The summed E-state index contributed by atoms with van der Waals surface area (Å²) in [5.41, 5.74) is 12.1. The van der Waals surface area contributed by atoms with E-state index in [0.29, 0.717) is 53.5 Å². The molecule has 12 nitrogen and oxygen atoms in total. The van der Waals surface area contributed by atoms with Gasteiger partial charge in [-0.3, -0.25) is 14.4 Å². The van der Waals surface area contributed by atoms with Crippen molar-refractivity contribution in [3.8, 4) is 5.75 Å². The molecule has 40 heavy (non-hydrogen) atoms. The van der Waals surface area contributed by atoms with Crippen molar-refractivity contribution in [2.24, 2.45) is 16.9 Å². The molecule has 3 rings (SSSR count). The van der Waals surface area contributed by atoms with E-state index in [0.717, 1.165) is 5.56 Å². The van der Waals surface area contributed by atoms with Gasteiger partial charge in [0.2, 0.25) is 23.7 Å². The first kappa shape index (κ1) is 30.3. The van der Waals surface area contributed by atoms with Crippen molar-refractivity contribution in [3.05, 3.63) is 64.8 Å². The number of halogens is 1. The van der Waals surface area contributed by atoms with Gasteiger partial charge in [0.05, 0.1) is 10.5 Å². The second-order valence-corrected chi connectivity index (χ2v) is 10.4. The van der Waals surface area contributed by atoms with E-state index in [1.807, 2.05) is 0 Å². The molecule has 3 aromatic rings. The van der Waals surface area contributed by atoms with Gasteiger partial charge in [-0.2, -0.15) is 4.98 Å². The Labute approximate surface area is 240 Å². The lowest BCUT2D eigenvalue weighted by Crippen LogP contribution is -2.46. The quantitative estimate of drug-likeness (QED) is 0.112. The Morgan fingerprint density at radius 3 is 2.48 bits per heavy atom. The third-order valence-electron chi connectivity index (χ3n) is 5.97. The Bertz CT molecular complexity index is 1350. The predicted molar refractivity (Wildman–Crippen MR) is 157 cm³/mol. The van der Waals surface area contributed by atoms with Crippen LogP contribution < -0.4 is 32.7 Å². The minimum atomic E-state index is -1.27. The van der Waals surface area contributed by atoms with Gasteiger partial charge in [0.1, 0.15) is 17.0 Å². The van der Waals surface area contributed by atoms with E-state index in [-0.39, 0.29) is 11.7 Å². The second kappa shape index (κ2) is 13.7. The molecule has 1 atom stereocenters. The zero-order valence-electron chi connectivity index (χ0n) is 22.2. The average molecular weight is 614 g/mol. The van der Waals surface area contributed by atoms with Gasteiger partial charge < -0.3 is 37.8 Å². The van der Waals surface area contributed by atoms with Crippen LogP contribution in [0.5, 0.6) is 5.75 Å². The maximum absolute atomic E-state index is 12.6. The molecule has 0 unspecified atom stereocenters. The van der Waals surface area contributed by atoms with E-state index in [4.69, 9.17) is 11.5 Å². The van der Waals surface area contributed by atoms with E-state index in [2.05, 4.69) is 47.2 Å². The summed E-state index contributed by atoms with van der Waals surface area (Å²) in [6.45, 7) is 3.81. The number of nitrogens with zero attached hydrogens (tertiary/aromatic N) is 2. The molecule has 13 heteroatoms. The van der Waals surface area contributed by atoms with Crippen LogP contribution in [0.25, 0.3) is 0 Å². The fourth-order valence-electron chi connectivity index (χ4n) is 3.40. The summed E-state index contributed by atoms with van der Waals surface area (Å²) in [4.78, 5) is 44.9. The van der Waals surface area contributed by atoms with E-state index >= 15 is 0 Å². The van der Waals surface area contributed by atoms with Crippen molar-refractivity contribution >= 4 is 56.8 Å². The molecule has 0 bridgehead atoms. The van der Waals surface area contributed by atoms with E-state index in [1.165, 1.54) is 13.8 Å². The number of rotatable bonds is 13. The van der Waals surface area contributed by atoms with Gasteiger partial charge in [-0.25, -0.2) is 4.98 Å². The number of amides is 3. The molecule has 9 N–H and O–H groups in total. The van der Waals surface area contributed by atoms with Crippen LogP contribution in [0.3, 0.4) is 0 Å². The Morgan fingerprint density at radius 2 is 1.77 bits per heavy atom. The number of carbonyl (C=O) groups excluding carboxylic acids is 3. The van der Waals surface area contributed by atoms with Gasteiger partial charge in [-0.1, -0.05) is 18.2 Å². The smallest absolute Gasteiger partial charge is 0.241 e. The molecule has 0 spiro atoms. The molecule has 0 saturated heterocycles. The lowest BCUT2D eigenvalue weighted by atomic mass is 9.91. The fourth-order valence-corrected chi connectivity index (χ4v) is 3.73. The van der Waals surface area contributed by atoms with Crippen molar-refractivity contribution in [2.75, 3.05) is 29.0 Å². The van der Waals surface area contributed by atoms with Gasteiger partial charge in [0, 0.05) is 30.7 Å². The lowest BCUT2D eigenvalue weighted by Gasteiger charge is -2.19. The molecular weight excluding hydrogens is 580 g/mol. The third kappa shape index (κ3) is 8.64. The number of benzene rings is 2. The average Bonchev–Trinajstić information content (AvgIpc) is 2.91. The number of aromatic nitrogens is 2. The molecule has 0 saturated carbocycles. The van der Waals surface area contributed by atoms with Crippen LogP contribution in [0.1, 0.15) is 25.8 Å². The van der Waals surface area contributed by atoms with Crippen molar-refractivity contribution in [1.29, 1.82) is 0 Å². The normalized spacial score (nSPS) is 11.8. The molecule has 1 aromatic heterocycles. The second-order valence-electron chi connectivity index (χ2n) is 9.59. The monoisotopic (exact) mass is 612 g/mol. The molecule has 0 aliphatic carbocycles. The SMILES string of the molecule is CC(C)(C(N)=O)C(=O)NCCCNc1nc(Nc2cccc(NC(=O)[C@@H](N)Cc3ccc(O)cc3)c2)ncc1Br. The molecule has 0 radical (unpaired) electrons. The molecule has 0 fully saturated rings. The number of nitrogens with one attached hydrogen (secondary N) is 4. The van der Waals surface area contributed by atoms with Crippen LogP contribution in [0.4, 0.5) is 23.1 Å². The van der Waals surface area contributed by atoms with Crippen LogP contribution >= 0.6 is 15.9 Å². The van der Waals surface area contributed by atoms with Crippen molar-refractivity contribution in [1.82, 2.24) is 15.3 Å². The number of primary amides is 1. The topological polar surface area (TPSA) is 197 Å². The minimum absolute atomic E-state index is 0.150. The first-order valence-corrected chi connectivity index (χ1v) is 13.3. The highest BCUT2D eigenvalue weighted by Crippen LogP contribution is 2.23. The zero-order chi connectivity index (χ0) is 29.3. The maximum Gasteiger partial charge on any atom is 0.241 e. The largest absolute Gasteiger partial charge is 0.508 e. The van der Waals surface area contributed by atoms with Crippen molar-refractivity contribution in [2.45, 2.75) is 32.7 Å². The number of aromatic hydroxyl groups is 1. The van der Waals surface area contributed by atoms with Crippen molar-refractivity contribution < 1.29 is 19.5 Å². The van der Waals surface area contributed by atoms with Crippen LogP contribution in [0.2, 0.25) is 0 Å². The molecule has 0 aliphatic rings. The standard InChI is InChI=1S/C27H33BrN8O4/c1-27(2,24(30)39)25(40)32-12-4-11-31-22-20(28)15-33-26(36-22)35-18-6-3-5-17(14-18)34-23(38)21(29)13-16-7-9-19(37)10-8-16/h3,5-10,14-15,21,37H,4,11-13,29H2,1-2H3,(H2,30,39)(H,32,40)(H,34,38)(H2,31,33,35,36)/t21-/m0/s1. The highest BCUT2D eigenvalue weighted by Gasteiger charge is 2.33. The van der Waals surface area contributed by atoms with Crippen LogP contribution in [0, 0.1) is 5.41 Å². The van der Waals surface area contributed by atoms with E-state index in [1.54, 1.807) is 54.7 Å². The molecule has 3 amide bonds. The van der Waals surface area contributed by atoms with E-state index in [9.17, 15) is 19.5 Å². The highest BCUT2D eigenvalue weighted by atomic mass is 79.9. The maximum atomic E-state index is 12.6. The Kier molecular flexibility index (Phi) is 10.4. The number of carbonyl (C=O) groups is 3. The highest BCUT2D eigenvalue weighted by molar-refractivity contribution is 9.10. The minimum Gasteiger partial charge on any atom is -0.508 e. The number of nitrogens with two attached hydrogens (primary N) is 2. The third-order valence-corrected chi connectivity index (χ3v) is 6.55. The molecular formula is C27H33BrN8O4. The number of phenolic OH excluding ortho intramolecular Hbond substituents is 1. The van der Waals surface area contributed by atoms with Gasteiger partial charge in [0.15, 0.2) is 0 Å². The summed E-state index contributed by atoms with van der Waals surface area (Å²) >= 11 is 3.42. The van der Waals surface area contributed by atoms with Gasteiger partial charge in [0.25, 0.3) is 0 Å². The van der Waals surface area contributed by atoms with Gasteiger partial charge >= 0.3 is 0 Å². The summed E-state index contributed by atoms with van der Waals surface area (Å²) in [6.07, 6.45) is 2.50. The fraction of sp³-hybridized carbons (Fsp3) is 0.296. The molecule has 2 aromatic carbocycles. The number of hydrogen-bond donors (Lipinski definition) is 7. The zero-order valence-corrected chi connectivity index (χ0v) is 23.8. The number of hydrogen-bond acceptors (Lipinski definition) is 9. The summed E-state index contributed by atoms with van der Waals surface area (Å²) < 4.78 is 0.653. The molecule has 212 valence electrons. The first-order chi connectivity index (χ1) is 19.0. The summed E-state index contributed by atoms with van der Waals surface area (Å²) in [5.74, 6) is -0.425. The van der Waals surface area contributed by atoms with Crippen LogP contribution in [-0.2, 0) is 20.8 Å². The van der Waals surface area contributed by atoms with Crippen LogP contribution in [-0.4, -0.2) is 51.9 Å². The van der Waals surface area contributed by atoms with Gasteiger partial charge in [-0.15, -0.1) is 0 Å². The number of phenols is 1. The van der Waals surface area contributed by atoms with Gasteiger partial charge in [-0.05, 0) is 78.5 Å². The van der Waals surface area contributed by atoms with Crippen molar-refractivity contribution in [3.63, 3.8) is 0 Å². The Balaban J connectivity index is 1.52. The number of anilines is 4. The van der Waals surface area contributed by atoms with Crippen LogP contribution in [0.15, 0.2) is 59.2 Å². The van der Waals surface area contributed by atoms with E-state index < -0.39 is 23.3 Å². The first-order valence-electron chi connectivity index (χ1n) is 12.5. The lowest BCUT2D eigenvalue weighted by molar-refractivity contribution is -0.139. The Morgan fingerprint density at radius 1 is 1.07 bits per heavy atom. The summed E-state index contributed by atoms with van der Waals surface area (Å²) in [7, 11) is 0. The molecule has 0 aliphatic heterocycles. The summed E-state index contributed by atoms with van der Waals surface area (Å²) in [5, 5.41) is 21.2. The summed E-state index contributed by atoms with van der Waals surface area (Å²) in [6, 6.07) is 12.8. The molecule has 1 heterocycles. The Hall–Kier alpha value is -4.23. The predicted octanol–water partition coefficient (Wildman–Crippen LogP) is 2.63.